The van der Waals surface area contributed by atoms with Crippen molar-refractivity contribution < 1.29 is 0 Å². The zero-order valence-electron chi connectivity index (χ0n) is 17.8. The molecule has 0 atom stereocenters. The van der Waals surface area contributed by atoms with Crippen LogP contribution in [0.5, 0.6) is 0 Å². The highest BCUT2D eigenvalue weighted by Crippen LogP contribution is 2.46. The van der Waals surface area contributed by atoms with E-state index in [9.17, 15) is 0 Å². The first kappa shape index (κ1) is 20.0. The van der Waals surface area contributed by atoms with Gasteiger partial charge in [0.25, 0.3) is 0 Å². The van der Waals surface area contributed by atoms with E-state index >= 15 is 0 Å². The molecular weight excluding hydrogens is 442 g/mol. The highest BCUT2D eigenvalue weighted by atomic mass is 35.5. The molecule has 0 aliphatic carbocycles. The lowest BCUT2D eigenvalue weighted by Gasteiger charge is -2.28. The first-order valence-corrected chi connectivity index (χ1v) is 12.1. The van der Waals surface area contributed by atoms with Gasteiger partial charge in [0.15, 0.2) is 0 Å². The monoisotopic (exact) mass is 461 g/mol. The van der Waals surface area contributed by atoms with Gasteiger partial charge in [0.05, 0.1) is 11.4 Å². The fraction of sp³-hybridized carbons (Fsp3) is 0. The minimum atomic E-state index is 0.731. The third kappa shape index (κ3) is 3.58. The van der Waals surface area contributed by atoms with Gasteiger partial charge in [0.2, 0.25) is 0 Å². The standard InChI is InChI=1S/C30H20ClNS/c31-22-17-19-23(20-18-22)32(26-13-6-4-11-24(26)21-9-2-1-3-10-21)27-14-8-16-29-30(27)25-12-5-7-15-28(25)33-29/h1-20H. The van der Waals surface area contributed by atoms with Crippen molar-refractivity contribution in [2.75, 3.05) is 4.90 Å². The van der Waals surface area contributed by atoms with Crippen LogP contribution in [0.2, 0.25) is 5.02 Å². The van der Waals surface area contributed by atoms with E-state index in [1.54, 1.807) is 0 Å². The Kier molecular flexibility index (Phi) is 5.10. The van der Waals surface area contributed by atoms with E-state index in [1.165, 1.54) is 31.3 Å². The van der Waals surface area contributed by atoms with Gasteiger partial charge >= 0.3 is 0 Å². The molecule has 158 valence electrons. The smallest absolute Gasteiger partial charge is 0.0555 e. The largest absolute Gasteiger partial charge is 0.309 e. The maximum absolute atomic E-state index is 6.27. The Bertz CT molecular complexity index is 1570. The van der Waals surface area contributed by atoms with Crippen molar-refractivity contribution in [2.45, 2.75) is 0 Å². The molecule has 0 aliphatic rings. The Morgan fingerprint density at radius 1 is 0.545 bits per heavy atom. The van der Waals surface area contributed by atoms with Crippen molar-refractivity contribution in [3.63, 3.8) is 0 Å². The van der Waals surface area contributed by atoms with Crippen molar-refractivity contribution in [3.05, 3.63) is 126 Å². The minimum absolute atomic E-state index is 0.731. The first-order chi connectivity index (χ1) is 16.3. The maximum atomic E-state index is 6.27. The van der Waals surface area contributed by atoms with Crippen LogP contribution in [-0.2, 0) is 0 Å². The van der Waals surface area contributed by atoms with Gasteiger partial charge in [-0.3, -0.25) is 0 Å². The van der Waals surface area contributed by atoms with E-state index in [2.05, 4.69) is 114 Å². The Balaban J connectivity index is 1.68. The predicted octanol–water partition coefficient (Wildman–Crippen LogP) is 9.84. The Morgan fingerprint density at radius 3 is 2.06 bits per heavy atom. The van der Waals surface area contributed by atoms with Crippen molar-refractivity contribution in [1.82, 2.24) is 0 Å². The average Bonchev–Trinajstić information content (AvgIpc) is 3.26. The molecule has 0 amide bonds. The van der Waals surface area contributed by atoms with Crippen LogP contribution in [-0.4, -0.2) is 0 Å². The number of benzene rings is 5. The summed E-state index contributed by atoms with van der Waals surface area (Å²) in [4.78, 5) is 2.36. The number of hydrogen-bond acceptors (Lipinski definition) is 2. The molecule has 1 heterocycles. The minimum Gasteiger partial charge on any atom is -0.309 e. The van der Waals surface area contributed by atoms with Crippen LogP contribution >= 0.6 is 22.9 Å². The summed E-state index contributed by atoms with van der Waals surface area (Å²) in [6.45, 7) is 0. The summed E-state index contributed by atoms with van der Waals surface area (Å²) in [6.07, 6.45) is 0. The van der Waals surface area contributed by atoms with E-state index in [1.807, 2.05) is 23.5 Å². The van der Waals surface area contributed by atoms with Crippen LogP contribution in [0.4, 0.5) is 17.1 Å². The molecule has 0 bridgehead atoms. The highest BCUT2D eigenvalue weighted by Gasteiger charge is 2.20. The quantitative estimate of drug-likeness (QED) is 0.252. The van der Waals surface area contributed by atoms with Gasteiger partial charge < -0.3 is 4.90 Å². The second-order valence-corrected chi connectivity index (χ2v) is 9.46. The van der Waals surface area contributed by atoms with Crippen molar-refractivity contribution in [1.29, 1.82) is 0 Å². The van der Waals surface area contributed by atoms with Gasteiger partial charge in [-0.05, 0) is 54.1 Å². The number of fused-ring (bicyclic) bond motifs is 3. The summed E-state index contributed by atoms with van der Waals surface area (Å²) in [5, 5.41) is 3.29. The predicted molar refractivity (Wildman–Crippen MR) is 144 cm³/mol. The van der Waals surface area contributed by atoms with Crippen LogP contribution in [0.25, 0.3) is 31.3 Å². The lowest BCUT2D eigenvalue weighted by atomic mass is 10.0. The summed E-state index contributed by atoms with van der Waals surface area (Å²) >= 11 is 8.11. The fourth-order valence-corrected chi connectivity index (χ4v) is 5.72. The van der Waals surface area contributed by atoms with Gasteiger partial charge in [-0.25, -0.2) is 0 Å². The molecule has 0 saturated heterocycles. The van der Waals surface area contributed by atoms with E-state index in [4.69, 9.17) is 11.6 Å². The van der Waals surface area contributed by atoms with Crippen molar-refractivity contribution in [3.8, 4) is 11.1 Å². The number of hydrogen-bond donors (Lipinski definition) is 0. The van der Waals surface area contributed by atoms with Crippen LogP contribution < -0.4 is 4.90 Å². The Hall–Kier alpha value is -3.59. The number of rotatable bonds is 4. The Labute approximate surface area is 202 Å². The summed E-state index contributed by atoms with van der Waals surface area (Å²) in [7, 11) is 0. The topological polar surface area (TPSA) is 3.24 Å². The molecule has 3 heteroatoms. The number of nitrogens with zero attached hydrogens (tertiary/aromatic N) is 1. The first-order valence-electron chi connectivity index (χ1n) is 10.9. The van der Waals surface area contributed by atoms with Crippen LogP contribution in [0, 0.1) is 0 Å². The van der Waals surface area contributed by atoms with E-state index in [0.717, 1.165) is 22.1 Å². The summed E-state index contributed by atoms with van der Waals surface area (Å²) < 4.78 is 2.58. The van der Waals surface area contributed by atoms with Gasteiger partial charge in [0, 0.05) is 36.4 Å². The van der Waals surface area contributed by atoms with Crippen LogP contribution in [0.3, 0.4) is 0 Å². The molecule has 1 nitrogen and oxygen atoms in total. The molecule has 1 aromatic heterocycles. The SMILES string of the molecule is Clc1ccc(N(c2ccccc2-c2ccccc2)c2cccc3sc4ccccc4c23)cc1. The molecule has 33 heavy (non-hydrogen) atoms. The lowest BCUT2D eigenvalue weighted by Crippen LogP contribution is -2.11. The van der Waals surface area contributed by atoms with Crippen LogP contribution in [0.15, 0.2) is 121 Å². The van der Waals surface area contributed by atoms with E-state index in [-0.39, 0.29) is 0 Å². The lowest BCUT2D eigenvalue weighted by molar-refractivity contribution is 1.30. The number of anilines is 3. The summed E-state index contributed by atoms with van der Waals surface area (Å²) in [5.41, 5.74) is 5.74. The van der Waals surface area contributed by atoms with Gasteiger partial charge in [-0.1, -0.05) is 84.4 Å². The highest BCUT2D eigenvalue weighted by molar-refractivity contribution is 7.26. The summed E-state index contributed by atoms with van der Waals surface area (Å²) in [5.74, 6) is 0. The van der Waals surface area contributed by atoms with Gasteiger partial charge in [-0.2, -0.15) is 0 Å². The molecule has 6 rings (SSSR count). The second kappa shape index (κ2) is 8.40. The number of para-hydroxylation sites is 1. The Morgan fingerprint density at radius 2 is 1.21 bits per heavy atom. The molecule has 5 aromatic carbocycles. The molecule has 6 aromatic rings. The molecule has 0 saturated carbocycles. The van der Waals surface area contributed by atoms with E-state index in [0.29, 0.717) is 0 Å². The maximum Gasteiger partial charge on any atom is 0.0555 e. The summed E-state index contributed by atoms with van der Waals surface area (Å²) in [6, 6.07) is 42.5. The molecule has 0 unspecified atom stereocenters. The average molecular weight is 462 g/mol. The number of thiophene rings is 1. The van der Waals surface area contributed by atoms with Gasteiger partial charge in [-0.15, -0.1) is 11.3 Å². The molecular formula is C30H20ClNS. The molecule has 0 N–H and O–H groups in total. The van der Waals surface area contributed by atoms with Crippen LogP contribution in [0.1, 0.15) is 0 Å². The molecule has 0 spiro atoms. The zero-order chi connectivity index (χ0) is 22.2. The molecule has 0 radical (unpaired) electrons. The fourth-order valence-electron chi connectivity index (χ4n) is 4.47. The third-order valence-corrected chi connectivity index (χ3v) is 7.32. The molecule has 0 fully saturated rings. The van der Waals surface area contributed by atoms with Crippen molar-refractivity contribution in [2.24, 2.45) is 0 Å². The van der Waals surface area contributed by atoms with E-state index < -0.39 is 0 Å². The van der Waals surface area contributed by atoms with Crippen molar-refractivity contribution >= 4 is 60.2 Å². The molecule has 0 aliphatic heterocycles. The van der Waals surface area contributed by atoms with Gasteiger partial charge in [0.1, 0.15) is 0 Å². The number of halogens is 1. The zero-order valence-corrected chi connectivity index (χ0v) is 19.4. The normalized spacial score (nSPS) is 11.2. The second-order valence-electron chi connectivity index (χ2n) is 7.94. The third-order valence-electron chi connectivity index (χ3n) is 5.94.